The van der Waals surface area contributed by atoms with E-state index in [4.69, 9.17) is 9.47 Å². The van der Waals surface area contributed by atoms with Crippen molar-refractivity contribution in [1.29, 1.82) is 0 Å². The molecule has 1 fully saturated rings. The maximum Gasteiger partial charge on any atom is 0.410 e. The number of carbonyl (C=O) groups excluding carboxylic acids is 3. The first kappa shape index (κ1) is 16.5. The van der Waals surface area contributed by atoms with Crippen LogP contribution in [0.2, 0.25) is 0 Å². The summed E-state index contributed by atoms with van der Waals surface area (Å²) in [5.41, 5.74) is -0.638. The van der Waals surface area contributed by atoms with Gasteiger partial charge in [0.25, 0.3) is 0 Å². The van der Waals surface area contributed by atoms with Gasteiger partial charge in [-0.1, -0.05) is 0 Å². The van der Waals surface area contributed by atoms with Gasteiger partial charge >= 0.3 is 12.1 Å². The number of rotatable bonds is 3. The SMILES string of the molecule is CCOC(=O)[C@H]1C[C@@H](C(C)=O)N(C(=O)OC(C)(C)C)C1. The van der Waals surface area contributed by atoms with E-state index < -0.39 is 23.7 Å². The summed E-state index contributed by atoms with van der Waals surface area (Å²) in [5.74, 6) is -0.983. The number of ether oxygens (including phenoxy) is 2. The molecular formula is C14H23NO5. The van der Waals surface area contributed by atoms with E-state index in [0.717, 1.165) is 0 Å². The van der Waals surface area contributed by atoms with Gasteiger partial charge in [-0.3, -0.25) is 14.5 Å². The van der Waals surface area contributed by atoms with Crippen molar-refractivity contribution >= 4 is 17.8 Å². The Balaban J connectivity index is 2.80. The zero-order valence-electron chi connectivity index (χ0n) is 12.8. The highest BCUT2D eigenvalue weighted by Crippen LogP contribution is 2.27. The van der Waals surface area contributed by atoms with Crippen LogP contribution in [-0.2, 0) is 19.1 Å². The maximum atomic E-state index is 12.1. The smallest absolute Gasteiger partial charge is 0.410 e. The molecule has 0 aromatic carbocycles. The highest BCUT2D eigenvalue weighted by molar-refractivity contribution is 5.88. The van der Waals surface area contributed by atoms with E-state index in [1.54, 1.807) is 27.7 Å². The van der Waals surface area contributed by atoms with Crippen LogP contribution in [0.3, 0.4) is 0 Å². The molecule has 0 N–H and O–H groups in total. The summed E-state index contributed by atoms with van der Waals surface area (Å²) in [7, 11) is 0. The fraction of sp³-hybridized carbons (Fsp3) is 0.786. The van der Waals surface area contributed by atoms with Gasteiger partial charge in [0, 0.05) is 6.54 Å². The molecule has 20 heavy (non-hydrogen) atoms. The summed E-state index contributed by atoms with van der Waals surface area (Å²) in [6.07, 6.45) is -0.266. The Hall–Kier alpha value is -1.59. The monoisotopic (exact) mass is 285 g/mol. The number of Topliss-reactive ketones (excluding diaryl/α,β-unsaturated/α-hetero) is 1. The van der Waals surface area contributed by atoms with Crippen LogP contribution in [0.4, 0.5) is 4.79 Å². The van der Waals surface area contributed by atoms with E-state index in [1.165, 1.54) is 11.8 Å². The summed E-state index contributed by atoms with van der Waals surface area (Å²) in [5, 5.41) is 0. The number of esters is 1. The Morgan fingerprint density at radius 3 is 2.30 bits per heavy atom. The average Bonchev–Trinajstić information content (AvgIpc) is 2.71. The van der Waals surface area contributed by atoms with Crippen LogP contribution in [0, 0.1) is 5.92 Å². The van der Waals surface area contributed by atoms with Gasteiger partial charge in [-0.15, -0.1) is 0 Å². The van der Waals surface area contributed by atoms with Gasteiger partial charge in [-0.05, 0) is 41.0 Å². The van der Waals surface area contributed by atoms with Crippen LogP contribution < -0.4 is 0 Å². The van der Waals surface area contributed by atoms with Gasteiger partial charge in [0.2, 0.25) is 0 Å². The molecule has 0 spiro atoms. The zero-order valence-corrected chi connectivity index (χ0v) is 12.8. The van der Waals surface area contributed by atoms with Crippen LogP contribution in [-0.4, -0.2) is 47.5 Å². The molecule has 2 atom stereocenters. The van der Waals surface area contributed by atoms with Gasteiger partial charge in [0.15, 0.2) is 5.78 Å². The molecule has 0 saturated carbocycles. The first-order valence-electron chi connectivity index (χ1n) is 6.82. The number of carbonyl (C=O) groups is 3. The lowest BCUT2D eigenvalue weighted by Crippen LogP contribution is -2.42. The largest absolute Gasteiger partial charge is 0.466 e. The van der Waals surface area contributed by atoms with Gasteiger partial charge in [0.1, 0.15) is 5.60 Å². The number of hydrogen-bond donors (Lipinski definition) is 0. The predicted octanol–water partition coefficient (Wildman–Crippen LogP) is 1.76. The van der Waals surface area contributed by atoms with Gasteiger partial charge in [-0.2, -0.15) is 0 Å². The first-order chi connectivity index (χ1) is 9.15. The van der Waals surface area contributed by atoms with E-state index in [9.17, 15) is 14.4 Å². The van der Waals surface area contributed by atoms with Crippen LogP contribution in [0.1, 0.15) is 41.0 Å². The zero-order chi connectivity index (χ0) is 15.5. The van der Waals surface area contributed by atoms with Crippen LogP contribution in [0.25, 0.3) is 0 Å². The van der Waals surface area contributed by atoms with Gasteiger partial charge < -0.3 is 9.47 Å². The van der Waals surface area contributed by atoms with Gasteiger partial charge in [0.05, 0.1) is 18.6 Å². The molecule has 0 aromatic rings. The van der Waals surface area contributed by atoms with Crippen molar-refractivity contribution in [3.8, 4) is 0 Å². The number of hydrogen-bond acceptors (Lipinski definition) is 5. The normalized spacial score (nSPS) is 22.6. The van der Waals surface area contributed by atoms with E-state index in [2.05, 4.69) is 0 Å². The van der Waals surface area contributed by atoms with Crippen molar-refractivity contribution in [3.63, 3.8) is 0 Å². The van der Waals surface area contributed by atoms with E-state index in [1.807, 2.05) is 0 Å². The third-order valence-corrected chi connectivity index (χ3v) is 3.02. The molecule has 1 heterocycles. The molecule has 0 bridgehead atoms. The molecule has 1 saturated heterocycles. The van der Waals surface area contributed by atoms with Crippen molar-refractivity contribution in [2.24, 2.45) is 5.92 Å². The number of ketones is 1. The van der Waals surface area contributed by atoms with E-state index >= 15 is 0 Å². The third-order valence-electron chi connectivity index (χ3n) is 3.02. The van der Waals surface area contributed by atoms with Crippen molar-refractivity contribution < 1.29 is 23.9 Å². The van der Waals surface area contributed by atoms with Crippen LogP contribution in [0.15, 0.2) is 0 Å². The van der Waals surface area contributed by atoms with E-state index in [0.29, 0.717) is 6.42 Å². The van der Waals surface area contributed by atoms with Crippen molar-refractivity contribution in [2.75, 3.05) is 13.2 Å². The third kappa shape index (κ3) is 4.21. The lowest BCUT2D eigenvalue weighted by Gasteiger charge is -2.27. The molecule has 0 aliphatic carbocycles. The Bertz CT molecular complexity index is 399. The summed E-state index contributed by atoms with van der Waals surface area (Å²) in [6, 6.07) is -0.612. The quantitative estimate of drug-likeness (QED) is 0.739. The lowest BCUT2D eigenvalue weighted by molar-refractivity contribution is -0.147. The van der Waals surface area contributed by atoms with Crippen molar-refractivity contribution in [2.45, 2.75) is 52.7 Å². The van der Waals surface area contributed by atoms with Crippen molar-refractivity contribution in [3.05, 3.63) is 0 Å². The number of amides is 1. The number of likely N-dealkylation sites (tertiary alicyclic amines) is 1. The lowest BCUT2D eigenvalue weighted by atomic mass is 10.0. The minimum Gasteiger partial charge on any atom is -0.466 e. The maximum absolute atomic E-state index is 12.1. The van der Waals surface area contributed by atoms with Crippen LogP contribution >= 0.6 is 0 Å². The van der Waals surface area contributed by atoms with Gasteiger partial charge in [-0.25, -0.2) is 4.79 Å². The molecule has 0 radical (unpaired) electrons. The molecule has 114 valence electrons. The standard InChI is InChI=1S/C14H23NO5/c1-6-19-12(17)10-7-11(9(2)16)15(8-10)13(18)20-14(3,4)5/h10-11H,6-8H2,1-5H3/t10-,11-/m0/s1. The van der Waals surface area contributed by atoms with E-state index in [-0.39, 0.29) is 24.9 Å². The summed E-state index contributed by atoms with van der Waals surface area (Å²) >= 11 is 0. The second kappa shape index (κ2) is 6.24. The minimum atomic E-state index is -0.638. The molecule has 0 unspecified atom stereocenters. The molecule has 0 aromatic heterocycles. The second-order valence-electron chi connectivity index (χ2n) is 5.94. The number of nitrogens with zero attached hydrogens (tertiary/aromatic N) is 1. The average molecular weight is 285 g/mol. The highest BCUT2D eigenvalue weighted by Gasteiger charge is 2.43. The molecule has 1 amide bonds. The summed E-state index contributed by atoms with van der Waals surface area (Å²) in [4.78, 5) is 36.8. The summed E-state index contributed by atoms with van der Waals surface area (Å²) in [6.45, 7) is 8.85. The Morgan fingerprint density at radius 2 is 1.85 bits per heavy atom. The fourth-order valence-corrected chi connectivity index (χ4v) is 2.17. The van der Waals surface area contributed by atoms with Crippen molar-refractivity contribution in [1.82, 2.24) is 4.90 Å². The van der Waals surface area contributed by atoms with Crippen LogP contribution in [0.5, 0.6) is 0 Å². The molecular weight excluding hydrogens is 262 g/mol. The molecule has 6 nitrogen and oxygen atoms in total. The first-order valence-corrected chi connectivity index (χ1v) is 6.82. The molecule has 6 heteroatoms. The molecule has 1 rings (SSSR count). The topological polar surface area (TPSA) is 72.9 Å². The Labute approximate surface area is 119 Å². The highest BCUT2D eigenvalue weighted by atomic mass is 16.6. The minimum absolute atomic E-state index is 0.150. The Morgan fingerprint density at radius 1 is 1.25 bits per heavy atom. The second-order valence-corrected chi connectivity index (χ2v) is 5.94. The Kier molecular flexibility index (Phi) is 5.14. The molecule has 1 aliphatic heterocycles. The molecule has 1 aliphatic rings. The summed E-state index contributed by atoms with van der Waals surface area (Å²) < 4.78 is 10.2. The predicted molar refractivity (Wildman–Crippen MR) is 72.1 cm³/mol. The fourth-order valence-electron chi connectivity index (χ4n) is 2.17.